The average molecular weight is 220 g/mol. The minimum Gasteiger partial charge on any atom is -0.334 e. The third-order valence-electron chi connectivity index (χ3n) is 2.07. The van der Waals surface area contributed by atoms with E-state index in [-0.39, 0.29) is 5.41 Å². The molecule has 0 amide bonds. The van der Waals surface area contributed by atoms with Gasteiger partial charge in [0, 0.05) is 17.7 Å². The van der Waals surface area contributed by atoms with Gasteiger partial charge in [0.1, 0.15) is 5.15 Å². The van der Waals surface area contributed by atoms with Crippen LogP contribution in [0, 0.1) is 0 Å². The summed E-state index contributed by atoms with van der Waals surface area (Å²) in [6.45, 7) is 9.39. The Hall–Kier alpha value is -0.140. The van der Waals surface area contributed by atoms with Gasteiger partial charge in [0.05, 0.1) is 5.02 Å². The van der Waals surface area contributed by atoms with Crippen molar-refractivity contribution in [1.29, 1.82) is 0 Å². The Labute approximate surface area is 89.6 Å². The second-order valence-electron chi connectivity index (χ2n) is 4.16. The molecule has 0 aliphatic carbocycles. The van der Waals surface area contributed by atoms with Crippen LogP contribution in [-0.2, 0) is 12.0 Å². The Morgan fingerprint density at radius 1 is 1.31 bits per heavy atom. The molecule has 0 aromatic carbocycles. The fourth-order valence-corrected chi connectivity index (χ4v) is 1.89. The summed E-state index contributed by atoms with van der Waals surface area (Å²) in [4.78, 5) is 0. The molecule has 0 atom stereocenters. The van der Waals surface area contributed by atoms with Gasteiger partial charge in [-0.2, -0.15) is 0 Å². The Morgan fingerprint density at radius 2 is 1.85 bits per heavy atom. The molecule has 0 bridgehead atoms. The van der Waals surface area contributed by atoms with Crippen LogP contribution < -0.4 is 0 Å². The number of nitrogens with zero attached hydrogens (tertiary/aromatic N) is 1. The Morgan fingerprint density at radius 3 is 2.15 bits per heavy atom. The van der Waals surface area contributed by atoms with E-state index in [0.29, 0.717) is 10.2 Å². The highest BCUT2D eigenvalue weighted by atomic mass is 35.5. The van der Waals surface area contributed by atoms with Crippen molar-refractivity contribution in [3.8, 4) is 0 Å². The fourth-order valence-electron chi connectivity index (χ4n) is 1.42. The Bertz CT molecular complexity index is 307. The first-order valence-corrected chi connectivity index (χ1v) is 5.18. The largest absolute Gasteiger partial charge is 0.334 e. The molecule has 3 heteroatoms. The molecule has 1 nitrogen and oxygen atoms in total. The molecule has 0 radical (unpaired) electrons. The third-order valence-corrected chi connectivity index (χ3v) is 2.87. The van der Waals surface area contributed by atoms with Gasteiger partial charge in [0.15, 0.2) is 0 Å². The number of hydrogen-bond donors (Lipinski definition) is 0. The van der Waals surface area contributed by atoms with Crippen LogP contribution in [0.15, 0.2) is 6.07 Å². The van der Waals surface area contributed by atoms with Crippen molar-refractivity contribution < 1.29 is 0 Å². The summed E-state index contributed by atoms with van der Waals surface area (Å²) < 4.78 is 2.05. The van der Waals surface area contributed by atoms with Gasteiger partial charge >= 0.3 is 0 Å². The summed E-state index contributed by atoms with van der Waals surface area (Å²) in [5.74, 6) is 0. The second kappa shape index (κ2) is 3.55. The molecular formula is C10H15Cl2N. The molecule has 0 saturated heterocycles. The quantitative estimate of drug-likeness (QED) is 0.671. The SMILES string of the molecule is CCn1c(C(C)(C)C)cc(Cl)c1Cl. The van der Waals surface area contributed by atoms with Gasteiger partial charge in [0.2, 0.25) is 0 Å². The lowest BCUT2D eigenvalue weighted by Gasteiger charge is -2.21. The van der Waals surface area contributed by atoms with Crippen LogP contribution in [0.3, 0.4) is 0 Å². The Balaban J connectivity index is 3.30. The van der Waals surface area contributed by atoms with Crippen LogP contribution >= 0.6 is 23.2 Å². The lowest BCUT2D eigenvalue weighted by atomic mass is 9.92. The van der Waals surface area contributed by atoms with E-state index in [1.165, 1.54) is 5.69 Å². The highest BCUT2D eigenvalue weighted by Gasteiger charge is 2.21. The lowest BCUT2D eigenvalue weighted by molar-refractivity contribution is 0.526. The van der Waals surface area contributed by atoms with Crippen LogP contribution in [-0.4, -0.2) is 4.57 Å². The van der Waals surface area contributed by atoms with Crippen LogP contribution in [0.5, 0.6) is 0 Å². The van der Waals surface area contributed by atoms with Gasteiger partial charge in [0.25, 0.3) is 0 Å². The second-order valence-corrected chi connectivity index (χ2v) is 4.93. The molecule has 0 saturated carbocycles. The summed E-state index contributed by atoms with van der Waals surface area (Å²) in [7, 11) is 0. The van der Waals surface area contributed by atoms with Gasteiger partial charge in [-0.25, -0.2) is 0 Å². The van der Waals surface area contributed by atoms with Crippen molar-refractivity contribution in [3.63, 3.8) is 0 Å². The van der Waals surface area contributed by atoms with Crippen molar-refractivity contribution in [2.45, 2.75) is 39.7 Å². The standard InChI is InChI=1S/C10H15Cl2N/c1-5-13-8(10(2,3)4)6-7(11)9(13)12/h6H,5H2,1-4H3. The maximum absolute atomic E-state index is 6.05. The summed E-state index contributed by atoms with van der Waals surface area (Å²) in [6.07, 6.45) is 0. The zero-order valence-corrected chi connectivity index (χ0v) is 10.00. The van der Waals surface area contributed by atoms with E-state index in [1.54, 1.807) is 0 Å². The molecular weight excluding hydrogens is 205 g/mol. The molecule has 13 heavy (non-hydrogen) atoms. The van der Waals surface area contributed by atoms with E-state index >= 15 is 0 Å². The molecule has 0 aliphatic rings. The van der Waals surface area contributed by atoms with Crippen LogP contribution in [0.1, 0.15) is 33.4 Å². The van der Waals surface area contributed by atoms with E-state index in [0.717, 1.165) is 6.54 Å². The number of aromatic nitrogens is 1. The maximum atomic E-state index is 6.05. The van der Waals surface area contributed by atoms with Gasteiger partial charge in [-0.15, -0.1) is 0 Å². The van der Waals surface area contributed by atoms with Crippen LogP contribution in [0.4, 0.5) is 0 Å². The minimum absolute atomic E-state index is 0.0901. The molecule has 1 aromatic rings. The number of rotatable bonds is 1. The summed E-state index contributed by atoms with van der Waals surface area (Å²) in [5.41, 5.74) is 1.28. The lowest BCUT2D eigenvalue weighted by Crippen LogP contribution is -2.17. The van der Waals surface area contributed by atoms with E-state index in [1.807, 2.05) is 10.6 Å². The molecule has 74 valence electrons. The normalized spacial score (nSPS) is 12.2. The van der Waals surface area contributed by atoms with E-state index in [2.05, 4.69) is 27.7 Å². The topological polar surface area (TPSA) is 4.93 Å². The Kier molecular flexibility index (Phi) is 2.98. The highest BCUT2D eigenvalue weighted by molar-refractivity contribution is 6.41. The number of hydrogen-bond acceptors (Lipinski definition) is 0. The minimum atomic E-state index is 0.0901. The van der Waals surface area contributed by atoms with Crippen molar-refractivity contribution in [1.82, 2.24) is 4.57 Å². The van der Waals surface area contributed by atoms with Crippen LogP contribution in [0.2, 0.25) is 10.2 Å². The zero-order chi connectivity index (χ0) is 10.2. The molecule has 0 N–H and O–H groups in total. The summed E-state index contributed by atoms with van der Waals surface area (Å²) >= 11 is 12.0. The summed E-state index contributed by atoms with van der Waals surface area (Å²) in [6, 6.07) is 1.95. The van der Waals surface area contributed by atoms with Crippen molar-refractivity contribution in [2.24, 2.45) is 0 Å². The van der Waals surface area contributed by atoms with Crippen molar-refractivity contribution in [3.05, 3.63) is 21.9 Å². The highest BCUT2D eigenvalue weighted by Crippen LogP contribution is 2.33. The molecule has 0 aliphatic heterocycles. The van der Waals surface area contributed by atoms with Gasteiger partial charge in [-0.05, 0) is 13.0 Å². The maximum Gasteiger partial charge on any atom is 0.127 e. The van der Waals surface area contributed by atoms with E-state index in [4.69, 9.17) is 23.2 Å². The fraction of sp³-hybridized carbons (Fsp3) is 0.600. The van der Waals surface area contributed by atoms with Gasteiger partial charge in [-0.3, -0.25) is 0 Å². The van der Waals surface area contributed by atoms with Gasteiger partial charge in [-0.1, -0.05) is 44.0 Å². The predicted molar refractivity (Wildman–Crippen MR) is 58.8 cm³/mol. The first-order valence-electron chi connectivity index (χ1n) is 4.43. The van der Waals surface area contributed by atoms with E-state index < -0.39 is 0 Å². The molecule has 0 spiro atoms. The first kappa shape index (κ1) is 10.9. The molecule has 0 unspecified atom stereocenters. The monoisotopic (exact) mass is 219 g/mol. The predicted octanol–water partition coefficient (Wildman–Crippen LogP) is 4.11. The van der Waals surface area contributed by atoms with Crippen molar-refractivity contribution in [2.75, 3.05) is 0 Å². The van der Waals surface area contributed by atoms with Crippen LogP contribution in [0.25, 0.3) is 0 Å². The van der Waals surface area contributed by atoms with Gasteiger partial charge < -0.3 is 4.57 Å². The third kappa shape index (κ3) is 2.03. The molecule has 0 fully saturated rings. The average Bonchev–Trinajstić information content (AvgIpc) is 2.28. The molecule has 1 rings (SSSR count). The zero-order valence-electron chi connectivity index (χ0n) is 8.49. The smallest absolute Gasteiger partial charge is 0.127 e. The van der Waals surface area contributed by atoms with E-state index in [9.17, 15) is 0 Å². The number of halogens is 2. The molecule has 1 heterocycles. The summed E-state index contributed by atoms with van der Waals surface area (Å²) in [5, 5.41) is 1.29. The van der Waals surface area contributed by atoms with Crippen molar-refractivity contribution >= 4 is 23.2 Å². The first-order chi connectivity index (χ1) is 5.88. The molecule has 1 aromatic heterocycles.